The van der Waals surface area contributed by atoms with Crippen LogP contribution in [0, 0.1) is 0 Å². The Hall–Kier alpha value is -1.85. The van der Waals surface area contributed by atoms with Crippen LogP contribution < -0.4 is 10.6 Å². The lowest BCUT2D eigenvalue weighted by atomic mass is 10.2. The topological polar surface area (TPSA) is 86.9 Å². The third-order valence-electron chi connectivity index (χ3n) is 1.81. The normalized spacial score (nSPS) is 21.7. The van der Waals surface area contributed by atoms with Gasteiger partial charge in [0.1, 0.15) is 6.04 Å². The van der Waals surface area contributed by atoms with Gasteiger partial charge < -0.3 is 5.32 Å². The molecule has 68 valence electrons. The molecule has 2 rings (SSSR count). The van der Waals surface area contributed by atoms with Crippen molar-refractivity contribution in [2.24, 2.45) is 0 Å². The van der Waals surface area contributed by atoms with Crippen molar-refractivity contribution in [3.05, 3.63) is 12.4 Å². The Morgan fingerprint density at radius 3 is 2.92 bits per heavy atom. The van der Waals surface area contributed by atoms with Gasteiger partial charge in [0, 0.05) is 6.20 Å². The summed E-state index contributed by atoms with van der Waals surface area (Å²) in [5.41, 5.74) is 0.704. The molecule has 2 heterocycles. The standard InChI is InChI=1S/C7H8N4O2/c12-6-1-5(7(13)11-6)10-4-2-8-9-3-4/h2-3,5,10H,1H2,(H,8,9)(H,11,12,13). The molecule has 1 atom stereocenters. The van der Waals surface area contributed by atoms with E-state index in [1.165, 1.54) is 0 Å². The summed E-state index contributed by atoms with van der Waals surface area (Å²) in [6, 6.07) is -0.468. The number of amides is 2. The Morgan fingerprint density at radius 2 is 2.38 bits per heavy atom. The lowest BCUT2D eigenvalue weighted by Crippen LogP contribution is -2.29. The van der Waals surface area contributed by atoms with Gasteiger partial charge in [0.05, 0.1) is 18.3 Å². The van der Waals surface area contributed by atoms with Crippen molar-refractivity contribution in [3.8, 4) is 0 Å². The fraction of sp³-hybridized carbons (Fsp3) is 0.286. The molecule has 1 aliphatic rings. The molecule has 0 bridgehead atoms. The molecule has 1 aromatic rings. The Labute approximate surface area is 73.7 Å². The van der Waals surface area contributed by atoms with Crippen LogP contribution in [-0.4, -0.2) is 28.1 Å². The number of aromatic amines is 1. The minimum Gasteiger partial charge on any atom is -0.371 e. The van der Waals surface area contributed by atoms with Crippen LogP contribution in [0.15, 0.2) is 12.4 Å². The van der Waals surface area contributed by atoms with Crippen molar-refractivity contribution in [1.82, 2.24) is 15.5 Å². The number of H-pyrrole nitrogens is 1. The second kappa shape index (κ2) is 2.89. The second-order valence-electron chi connectivity index (χ2n) is 2.80. The molecule has 2 amide bonds. The first-order valence-electron chi connectivity index (χ1n) is 3.85. The van der Waals surface area contributed by atoms with Crippen LogP contribution in [0.1, 0.15) is 6.42 Å². The van der Waals surface area contributed by atoms with Gasteiger partial charge in [-0.25, -0.2) is 0 Å². The molecular formula is C7H8N4O2. The largest absolute Gasteiger partial charge is 0.371 e. The van der Waals surface area contributed by atoms with E-state index in [1.807, 2.05) is 0 Å². The average molecular weight is 180 g/mol. The molecule has 3 N–H and O–H groups in total. The lowest BCUT2D eigenvalue weighted by molar-refractivity contribution is -0.124. The molecule has 13 heavy (non-hydrogen) atoms. The van der Waals surface area contributed by atoms with Crippen LogP contribution in [0.4, 0.5) is 5.69 Å². The fourth-order valence-electron chi connectivity index (χ4n) is 1.20. The highest BCUT2D eigenvalue weighted by atomic mass is 16.2. The highest BCUT2D eigenvalue weighted by Gasteiger charge is 2.30. The number of rotatable bonds is 2. The molecule has 1 aliphatic heterocycles. The number of nitrogens with zero attached hydrogens (tertiary/aromatic N) is 1. The molecule has 0 radical (unpaired) electrons. The van der Waals surface area contributed by atoms with Crippen molar-refractivity contribution < 1.29 is 9.59 Å². The van der Waals surface area contributed by atoms with E-state index in [0.29, 0.717) is 5.69 Å². The van der Waals surface area contributed by atoms with Crippen LogP contribution in [0.25, 0.3) is 0 Å². The Morgan fingerprint density at radius 1 is 1.54 bits per heavy atom. The summed E-state index contributed by atoms with van der Waals surface area (Å²) in [5, 5.41) is 11.4. The van der Waals surface area contributed by atoms with Crippen molar-refractivity contribution in [3.63, 3.8) is 0 Å². The third-order valence-corrected chi connectivity index (χ3v) is 1.81. The number of hydrogen-bond acceptors (Lipinski definition) is 4. The summed E-state index contributed by atoms with van der Waals surface area (Å²) in [6.07, 6.45) is 3.36. The van der Waals surface area contributed by atoms with E-state index in [9.17, 15) is 9.59 Å². The van der Waals surface area contributed by atoms with Gasteiger partial charge in [-0.3, -0.25) is 20.0 Å². The van der Waals surface area contributed by atoms with Crippen LogP contribution >= 0.6 is 0 Å². The van der Waals surface area contributed by atoms with Gasteiger partial charge in [-0.15, -0.1) is 0 Å². The molecule has 1 aromatic heterocycles. The summed E-state index contributed by atoms with van der Waals surface area (Å²) in [7, 11) is 0. The van der Waals surface area contributed by atoms with E-state index >= 15 is 0 Å². The zero-order valence-electron chi connectivity index (χ0n) is 6.70. The summed E-state index contributed by atoms with van der Waals surface area (Å²) >= 11 is 0. The third kappa shape index (κ3) is 1.51. The first kappa shape index (κ1) is 7.78. The molecule has 0 saturated carbocycles. The van der Waals surface area contributed by atoms with Crippen molar-refractivity contribution >= 4 is 17.5 Å². The number of imide groups is 1. The molecule has 0 aliphatic carbocycles. The first-order valence-corrected chi connectivity index (χ1v) is 3.85. The van der Waals surface area contributed by atoms with E-state index in [1.54, 1.807) is 12.4 Å². The van der Waals surface area contributed by atoms with Crippen molar-refractivity contribution in [2.75, 3.05) is 5.32 Å². The maximum absolute atomic E-state index is 11.1. The van der Waals surface area contributed by atoms with E-state index in [0.717, 1.165) is 0 Å². The van der Waals surface area contributed by atoms with Crippen molar-refractivity contribution in [2.45, 2.75) is 12.5 Å². The maximum atomic E-state index is 11.1. The Bertz CT molecular complexity index is 332. The van der Waals surface area contributed by atoms with Gasteiger partial charge in [0.15, 0.2) is 0 Å². The number of carbonyl (C=O) groups is 2. The van der Waals surface area contributed by atoms with Gasteiger partial charge in [-0.1, -0.05) is 0 Å². The van der Waals surface area contributed by atoms with Crippen LogP contribution in [0.5, 0.6) is 0 Å². The summed E-state index contributed by atoms with van der Waals surface area (Å²) in [5.74, 6) is -0.530. The molecule has 6 nitrogen and oxygen atoms in total. The van der Waals surface area contributed by atoms with Gasteiger partial charge >= 0.3 is 0 Å². The SMILES string of the molecule is O=C1CC(Nc2cn[nH]c2)C(=O)N1. The average Bonchev–Trinajstić information content (AvgIpc) is 2.63. The van der Waals surface area contributed by atoms with Crippen LogP contribution in [0.3, 0.4) is 0 Å². The number of nitrogens with one attached hydrogen (secondary N) is 3. The number of carbonyl (C=O) groups excluding carboxylic acids is 2. The quantitative estimate of drug-likeness (QED) is 0.522. The van der Waals surface area contributed by atoms with Gasteiger partial charge in [-0.05, 0) is 0 Å². The zero-order valence-corrected chi connectivity index (χ0v) is 6.70. The summed E-state index contributed by atoms with van der Waals surface area (Å²) in [4.78, 5) is 21.9. The summed E-state index contributed by atoms with van der Waals surface area (Å²) in [6.45, 7) is 0. The van der Waals surface area contributed by atoms with Crippen molar-refractivity contribution in [1.29, 1.82) is 0 Å². The first-order chi connectivity index (χ1) is 6.25. The molecule has 1 fully saturated rings. The van der Waals surface area contributed by atoms with E-state index < -0.39 is 6.04 Å². The molecule has 0 aromatic carbocycles. The van der Waals surface area contributed by atoms with Crippen LogP contribution in [-0.2, 0) is 9.59 Å². The van der Waals surface area contributed by atoms with Gasteiger partial charge in [0.25, 0.3) is 0 Å². The highest BCUT2D eigenvalue weighted by molar-refractivity contribution is 6.06. The van der Waals surface area contributed by atoms with Gasteiger partial charge in [0.2, 0.25) is 11.8 Å². The smallest absolute Gasteiger partial charge is 0.249 e. The number of hydrogen-bond donors (Lipinski definition) is 3. The monoisotopic (exact) mass is 180 g/mol. The van der Waals surface area contributed by atoms with E-state index in [-0.39, 0.29) is 18.2 Å². The predicted octanol–water partition coefficient (Wildman–Crippen LogP) is -0.763. The number of aromatic nitrogens is 2. The maximum Gasteiger partial charge on any atom is 0.249 e. The fourth-order valence-corrected chi connectivity index (χ4v) is 1.20. The molecular weight excluding hydrogens is 172 g/mol. The van der Waals surface area contributed by atoms with E-state index in [2.05, 4.69) is 20.8 Å². The molecule has 0 spiro atoms. The minimum atomic E-state index is -0.468. The lowest BCUT2D eigenvalue weighted by Gasteiger charge is -2.06. The summed E-state index contributed by atoms with van der Waals surface area (Å²) < 4.78 is 0. The highest BCUT2D eigenvalue weighted by Crippen LogP contribution is 2.10. The molecule has 1 unspecified atom stereocenters. The minimum absolute atomic E-state index is 0.185. The Kier molecular flexibility index (Phi) is 1.73. The predicted molar refractivity (Wildman–Crippen MR) is 43.8 cm³/mol. The molecule has 6 heteroatoms. The number of anilines is 1. The van der Waals surface area contributed by atoms with Gasteiger partial charge in [-0.2, -0.15) is 5.10 Å². The Balaban J connectivity index is 2.03. The zero-order chi connectivity index (χ0) is 9.26. The van der Waals surface area contributed by atoms with E-state index in [4.69, 9.17) is 0 Å². The van der Waals surface area contributed by atoms with Crippen LogP contribution in [0.2, 0.25) is 0 Å². The molecule has 1 saturated heterocycles. The second-order valence-corrected chi connectivity index (χ2v) is 2.80.